The van der Waals surface area contributed by atoms with Crippen LogP contribution < -0.4 is 5.32 Å². The van der Waals surface area contributed by atoms with Gasteiger partial charge in [-0.25, -0.2) is 0 Å². The lowest BCUT2D eigenvalue weighted by atomic mass is 10.0. The zero-order valence-corrected chi connectivity index (χ0v) is 11.2. The van der Waals surface area contributed by atoms with Gasteiger partial charge in [-0.15, -0.1) is 0 Å². The van der Waals surface area contributed by atoms with Crippen LogP contribution >= 0.6 is 0 Å². The summed E-state index contributed by atoms with van der Waals surface area (Å²) >= 11 is 0. The summed E-state index contributed by atoms with van der Waals surface area (Å²) in [5.41, 5.74) is 0. The molecule has 1 unspecified atom stereocenters. The number of ether oxygens (including phenoxy) is 1. The molecular weight excluding hydrogens is 200 g/mol. The van der Waals surface area contributed by atoms with Gasteiger partial charge in [-0.05, 0) is 39.7 Å². The van der Waals surface area contributed by atoms with Gasteiger partial charge in [0.1, 0.15) is 0 Å². The SMILES string of the molecule is COCCCN(CC1CCCCN1)C(C)C. The minimum absolute atomic E-state index is 0.639. The second-order valence-corrected chi connectivity index (χ2v) is 5.08. The van der Waals surface area contributed by atoms with Gasteiger partial charge >= 0.3 is 0 Å². The molecule has 0 saturated carbocycles. The molecule has 1 heterocycles. The zero-order valence-electron chi connectivity index (χ0n) is 11.2. The van der Waals surface area contributed by atoms with Crippen LogP contribution in [0.25, 0.3) is 0 Å². The molecule has 1 saturated heterocycles. The number of nitrogens with one attached hydrogen (secondary N) is 1. The van der Waals surface area contributed by atoms with Gasteiger partial charge in [-0.2, -0.15) is 0 Å². The van der Waals surface area contributed by atoms with Gasteiger partial charge in [0, 0.05) is 38.9 Å². The highest BCUT2D eigenvalue weighted by Gasteiger charge is 2.17. The third kappa shape index (κ3) is 5.28. The average Bonchev–Trinajstić information content (AvgIpc) is 2.29. The number of hydrogen-bond acceptors (Lipinski definition) is 3. The molecule has 0 aliphatic carbocycles. The van der Waals surface area contributed by atoms with Gasteiger partial charge in [-0.3, -0.25) is 4.90 Å². The summed E-state index contributed by atoms with van der Waals surface area (Å²) in [4.78, 5) is 2.57. The standard InChI is InChI=1S/C13H28N2O/c1-12(2)15(9-6-10-16-3)11-13-7-4-5-8-14-13/h12-14H,4-11H2,1-3H3. The summed E-state index contributed by atoms with van der Waals surface area (Å²) < 4.78 is 5.12. The quantitative estimate of drug-likeness (QED) is 0.673. The van der Waals surface area contributed by atoms with Gasteiger partial charge in [-0.1, -0.05) is 6.42 Å². The van der Waals surface area contributed by atoms with E-state index in [1.807, 2.05) is 0 Å². The van der Waals surface area contributed by atoms with Crippen LogP contribution in [0.1, 0.15) is 39.5 Å². The molecule has 1 rings (SSSR count). The van der Waals surface area contributed by atoms with Crippen LogP contribution in [0.4, 0.5) is 0 Å². The third-order valence-electron chi connectivity index (χ3n) is 3.39. The first kappa shape index (κ1) is 13.9. The molecule has 0 aromatic heterocycles. The van der Waals surface area contributed by atoms with Crippen molar-refractivity contribution >= 4 is 0 Å². The summed E-state index contributed by atoms with van der Waals surface area (Å²) in [6.45, 7) is 9.01. The first-order chi connectivity index (χ1) is 7.74. The van der Waals surface area contributed by atoms with Crippen molar-refractivity contribution in [3.8, 4) is 0 Å². The highest BCUT2D eigenvalue weighted by molar-refractivity contribution is 4.77. The number of hydrogen-bond donors (Lipinski definition) is 1. The lowest BCUT2D eigenvalue weighted by Crippen LogP contribution is -2.46. The minimum atomic E-state index is 0.639. The van der Waals surface area contributed by atoms with E-state index in [2.05, 4.69) is 24.1 Å². The maximum absolute atomic E-state index is 5.12. The van der Waals surface area contributed by atoms with Crippen molar-refractivity contribution in [3.05, 3.63) is 0 Å². The van der Waals surface area contributed by atoms with Crippen LogP contribution in [-0.4, -0.2) is 50.3 Å². The van der Waals surface area contributed by atoms with Crippen molar-refractivity contribution < 1.29 is 4.74 Å². The minimum Gasteiger partial charge on any atom is -0.385 e. The Balaban J connectivity index is 2.25. The molecule has 0 aromatic carbocycles. The van der Waals surface area contributed by atoms with E-state index in [0.29, 0.717) is 12.1 Å². The molecule has 3 heteroatoms. The van der Waals surface area contributed by atoms with Crippen LogP contribution in [-0.2, 0) is 4.74 Å². The van der Waals surface area contributed by atoms with Crippen molar-refractivity contribution in [1.29, 1.82) is 0 Å². The number of piperidine rings is 1. The van der Waals surface area contributed by atoms with Crippen LogP contribution in [0.5, 0.6) is 0 Å². The molecule has 3 nitrogen and oxygen atoms in total. The molecule has 0 aromatic rings. The van der Waals surface area contributed by atoms with Gasteiger partial charge in [0.2, 0.25) is 0 Å². The van der Waals surface area contributed by atoms with Crippen LogP contribution in [0, 0.1) is 0 Å². The summed E-state index contributed by atoms with van der Waals surface area (Å²) in [5.74, 6) is 0. The van der Waals surface area contributed by atoms with E-state index >= 15 is 0 Å². The van der Waals surface area contributed by atoms with Gasteiger partial charge < -0.3 is 10.1 Å². The highest BCUT2D eigenvalue weighted by atomic mass is 16.5. The third-order valence-corrected chi connectivity index (χ3v) is 3.39. The van der Waals surface area contributed by atoms with Crippen molar-refractivity contribution in [2.75, 3.05) is 33.4 Å². The second-order valence-electron chi connectivity index (χ2n) is 5.08. The normalized spacial score (nSPS) is 21.9. The molecule has 0 radical (unpaired) electrons. The van der Waals surface area contributed by atoms with Crippen molar-refractivity contribution in [2.45, 2.75) is 51.6 Å². The predicted octanol–water partition coefficient (Wildman–Crippen LogP) is 1.88. The molecule has 0 bridgehead atoms. The Morgan fingerprint density at radius 3 is 2.75 bits per heavy atom. The Morgan fingerprint density at radius 2 is 2.19 bits per heavy atom. The lowest BCUT2D eigenvalue weighted by molar-refractivity contribution is 0.145. The van der Waals surface area contributed by atoms with E-state index in [1.54, 1.807) is 7.11 Å². The molecule has 1 atom stereocenters. The molecule has 1 fully saturated rings. The molecule has 1 N–H and O–H groups in total. The largest absolute Gasteiger partial charge is 0.385 e. The molecule has 96 valence electrons. The first-order valence-corrected chi connectivity index (χ1v) is 6.70. The van der Waals surface area contributed by atoms with Crippen LogP contribution in [0.2, 0.25) is 0 Å². The Hall–Kier alpha value is -0.120. The number of methoxy groups -OCH3 is 1. The van der Waals surface area contributed by atoms with E-state index in [1.165, 1.54) is 32.4 Å². The first-order valence-electron chi connectivity index (χ1n) is 6.70. The Bertz CT molecular complexity index is 167. The van der Waals surface area contributed by atoms with Crippen molar-refractivity contribution in [3.63, 3.8) is 0 Å². The van der Waals surface area contributed by atoms with Crippen LogP contribution in [0.3, 0.4) is 0 Å². The highest BCUT2D eigenvalue weighted by Crippen LogP contribution is 2.10. The van der Waals surface area contributed by atoms with E-state index in [0.717, 1.165) is 19.6 Å². The Labute approximate surface area is 101 Å². The second kappa shape index (κ2) is 8.04. The summed E-state index contributed by atoms with van der Waals surface area (Å²) in [7, 11) is 1.78. The average molecular weight is 228 g/mol. The van der Waals surface area contributed by atoms with Gasteiger partial charge in [0.15, 0.2) is 0 Å². The van der Waals surface area contributed by atoms with Crippen molar-refractivity contribution in [1.82, 2.24) is 10.2 Å². The van der Waals surface area contributed by atoms with E-state index in [4.69, 9.17) is 4.74 Å². The molecule has 1 aliphatic heterocycles. The molecule has 0 amide bonds. The molecular formula is C13H28N2O. The van der Waals surface area contributed by atoms with Gasteiger partial charge in [0.05, 0.1) is 0 Å². The zero-order chi connectivity index (χ0) is 11.8. The smallest absolute Gasteiger partial charge is 0.0474 e. The fourth-order valence-electron chi connectivity index (χ4n) is 2.34. The summed E-state index contributed by atoms with van der Waals surface area (Å²) in [6, 6.07) is 1.35. The summed E-state index contributed by atoms with van der Waals surface area (Å²) in [5, 5.41) is 3.62. The summed E-state index contributed by atoms with van der Waals surface area (Å²) in [6.07, 6.45) is 5.22. The fourth-order valence-corrected chi connectivity index (χ4v) is 2.34. The van der Waals surface area contributed by atoms with E-state index < -0.39 is 0 Å². The van der Waals surface area contributed by atoms with E-state index in [-0.39, 0.29) is 0 Å². The lowest BCUT2D eigenvalue weighted by Gasteiger charge is -2.33. The van der Waals surface area contributed by atoms with Crippen LogP contribution in [0.15, 0.2) is 0 Å². The maximum Gasteiger partial charge on any atom is 0.0474 e. The maximum atomic E-state index is 5.12. The molecule has 0 spiro atoms. The number of nitrogens with zero attached hydrogens (tertiary/aromatic N) is 1. The van der Waals surface area contributed by atoms with Gasteiger partial charge in [0.25, 0.3) is 0 Å². The fraction of sp³-hybridized carbons (Fsp3) is 1.00. The van der Waals surface area contributed by atoms with E-state index in [9.17, 15) is 0 Å². The Morgan fingerprint density at radius 1 is 1.38 bits per heavy atom. The Kier molecular flexibility index (Phi) is 7.01. The molecule has 1 aliphatic rings. The number of rotatable bonds is 7. The topological polar surface area (TPSA) is 24.5 Å². The molecule has 16 heavy (non-hydrogen) atoms. The monoisotopic (exact) mass is 228 g/mol. The van der Waals surface area contributed by atoms with Crippen molar-refractivity contribution in [2.24, 2.45) is 0 Å². The predicted molar refractivity (Wildman–Crippen MR) is 68.8 cm³/mol.